The number of Topliss-reactive ketones (excluding diaryl/α,β-unsaturated/α-hetero) is 1. The van der Waals surface area contributed by atoms with Crippen LogP contribution in [0.4, 0.5) is 4.39 Å². The summed E-state index contributed by atoms with van der Waals surface area (Å²) >= 11 is 0. The number of hydrogen-bond donors (Lipinski definition) is 0. The number of hydrogen-bond acceptors (Lipinski definition) is 3. The number of halogens is 1. The topological polar surface area (TPSA) is 33.2 Å². The molecular weight excluding hydrogens is 267 g/mol. The van der Waals surface area contributed by atoms with Gasteiger partial charge in [0, 0.05) is 31.9 Å². The molecule has 0 atom stereocenters. The van der Waals surface area contributed by atoms with Crippen LogP contribution in [0.25, 0.3) is 0 Å². The molecule has 0 aliphatic rings. The van der Waals surface area contributed by atoms with Crippen LogP contribution in [0.2, 0.25) is 0 Å². The van der Waals surface area contributed by atoms with E-state index in [9.17, 15) is 9.18 Å². The molecule has 0 aliphatic carbocycles. The van der Waals surface area contributed by atoms with Crippen molar-refractivity contribution in [2.24, 2.45) is 0 Å². The second-order valence-corrected chi connectivity index (χ2v) is 4.88. The van der Waals surface area contributed by atoms with Gasteiger partial charge in [-0.15, -0.1) is 0 Å². The standard InChI is InChI=1S/C17H19FN2O/c1-2-20(13-14-7-10-19-11-8-14)12-9-17(21)15-5-3-4-6-16(15)18/h3-8,10-11H,2,9,12-13H2,1H3. The van der Waals surface area contributed by atoms with Gasteiger partial charge in [0.05, 0.1) is 5.56 Å². The van der Waals surface area contributed by atoms with Gasteiger partial charge < -0.3 is 0 Å². The van der Waals surface area contributed by atoms with Crippen LogP contribution in [0.3, 0.4) is 0 Å². The van der Waals surface area contributed by atoms with Crippen molar-refractivity contribution in [1.82, 2.24) is 9.88 Å². The Kier molecular flexibility index (Phi) is 5.58. The van der Waals surface area contributed by atoms with Gasteiger partial charge in [-0.05, 0) is 36.4 Å². The van der Waals surface area contributed by atoms with Crippen molar-refractivity contribution in [3.63, 3.8) is 0 Å². The molecule has 0 saturated carbocycles. The average Bonchev–Trinajstić information content (AvgIpc) is 2.52. The van der Waals surface area contributed by atoms with E-state index < -0.39 is 5.82 Å². The summed E-state index contributed by atoms with van der Waals surface area (Å²) < 4.78 is 13.6. The summed E-state index contributed by atoms with van der Waals surface area (Å²) in [6.45, 7) is 4.28. The molecule has 2 rings (SSSR count). The first-order valence-electron chi connectivity index (χ1n) is 7.09. The summed E-state index contributed by atoms with van der Waals surface area (Å²) in [4.78, 5) is 18.2. The van der Waals surface area contributed by atoms with E-state index in [0.29, 0.717) is 13.0 Å². The Morgan fingerprint density at radius 2 is 1.90 bits per heavy atom. The lowest BCUT2D eigenvalue weighted by atomic mass is 10.1. The smallest absolute Gasteiger partial charge is 0.167 e. The quantitative estimate of drug-likeness (QED) is 0.732. The third kappa shape index (κ3) is 4.46. The number of carbonyl (C=O) groups is 1. The van der Waals surface area contributed by atoms with Gasteiger partial charge in [0.25, 0.3) is 0 Å². The van der Waals surface area contributed by atoms with E-state index >= 15 is 0 Å². The largest absolute Gasteiger partial charge is 0.299 e. The first-order valence-corrected chi connectivity index (χ1v) is 7.09. The van der Waals surface area contributed by atoms with E-state index in [1.807, 2.05) is 12.1 Å². The SMILES string of the molecule is CCN(CCC(=O)c1ccccc1F)Cc1ccncc1. The van der Waals surface area contributed by atoms with Gasteiger partial charge in [0.2, 0.25) is 0 Å². The summed E-state index contributed by atoms with van der Waals surface area (Å²) in [5, 5.41) is 0. The second kappa shape index (κ2) is 7.64. The molecule has 1 heterocycles. The minimum absolute atomic E-state index is 0.152. The highest BCUT2D eigenvalue weighted by Gasteiger charge is 2.12. The number of ketones is 1. The first-order chi connectivity index (χ1) is 10.2. The molecule has 1 aromatic heterocycles. The zero-order valence-electron chi connectivity index (χ0n) is 12.1. The van der Waals surface area contributed by atoms with Gasteiger partial charge in [0.1, 0.15) is 5.82 Å². The molecule has 0 aliphatic heterocycles. The third-order valence-corrected chi connectivity index (χ3v) is 3.43. The molecule has 0 bridgehead atoms. The van der Waals surface area contributed by atoms with E-state index in [1.165, 1.54) is 12.1 Å². The van der Waals surface area contributed by atoms with Crippen LogP contribution in [0.15, 0.2) is 48.8 Å². The number of rotatable bonds is 7. The maximum atomic E-state index is 13.6. The fraction of sp³-hybridized carbons (Fsp3) is 0.294. The molecule has 1 aromatic carbocycles. The molecule has 0 radical (unpaired) electrons. The van der Waals surface area contributed by atoms with Crippen LogP contribution >= 0.6 is 0 Å². The molecule has 0 saturated heterocycles. The van der Waals surface area contributed by atoms with Gasteiger partial charge in [-0.2, -0.15) is 0 Å². The third-order valence-electron chi connectivity index (χ3n) is 3.43. The fourth-order valence-electron chi connectivity index (χ4n) is 2.18. The zero-order valence-corrected chi connectivity index (χ0v) is 12.1. The average molecular weight is 286 g/mol. The zero-order chi connectivity index (χ0) is 15.1. The van der Waals surface area contributed by atoms with E-state index in [-0.39, 0.29) is 11.3 Å². The maximum absolute atomic E-state index is 13.6. The second-order valence-electron chi connectivity index (χ2n) is 4.88. The fourth-order valence-corrected chi connectivity index (χ4v) is 2.18. The molecule has 2 aromatic rings. The Labute approximate surface area is 124 Å². The first kappa shape index (κ1) is 15.3. The van der Waals surface area contributed by atoms with Crippen LogP contribution in [0.5, 0.6) is 0 Å². The number of carbonyl (C=O) groups excluding carboxylic acids is 1. The maximum Gasteiger partial charge on any atom is 0.167 e. The molecule has 0 N–H and O–H groups in total. The number of aromatic nitrogens is 1. The van der Waals surface area contributed by atoms with Crippen molar-refractivity contribution < 1.29 is 9.18 Å². The predicted molar refractivity (Wildman–Crippen MR) is 80.5 cm³/mol. The van der Waals surface area contributed by atoms with E-state index in [2.05, 4.69) is 16.8 Å². The molecule has 21 heavy (non-hydrogen) atoms. The summed E-state index contributed by atoms with van der Waals surface area (Å²) in [5.41, 5.74) is 1.34. The Bertz CT molecular complexity index is 586. The summed E-state index contributed by atoms with van der Waals surface area (Å²) in [6, 6.07) is 10.1. The molecule has 0 fully saturated rings. The highest BCUT2D eigenvalue weighted by molar-refractivity contribution is 5.96. The Balaban J connectivity index is 1.91. The highest BCUT2D eigenvalue weighted by atomic mass is 19.1. The van der Waals surface area contributed by atoms with E-state index in [0.717, 1.165) is 18.7 Å². The Morgan fingerprint density at radius 3 is 2.57 bits per heavy atom. The van der Waals surface area contributed by atoms with Gasteiger partial charge in [0.15, 0.2) is 5.78 Å². The van der Waals surface area contributed by atoms with Gasteiger partial charge in [-0.1, -0.05) is 19.1 Å². The van der Waals surface area contributed by atoms with Crippen molar-refractivity contribution in [3.05, 3.63) is 65.7 Å². The lowest BCUT2D eigenvalue weighted by Crippen LogP contribution is -2.26. The monoisotopic (exact) mass is 286 g/mol. The van der Waals surface area contributed by atoms with Crippen molar-refractivity contribution in [3.8, 4) is 0 Å². The minimum atomic E-state index is -0.445. The highest BCUT2D eigenvalue weighted by Crippen LogP contribution is 2.11. The Hall–Kier alpha value is -2.07. The summed E-state index contributed by atoms with van der Waals surface area (Å²) in [6.07, 6.45) is 3.83. The molecule has 0 amide bonds. The van der Waals surface area contributed by atoms with Crippen LogP contribution in [-0.4, -0.2) is 28.8 Å². The van der Waals surface area contributed by atoms with Crippen molar-refractivity contribution in [1.29, 1.82) is 0 Å². The van der Waals surface area contributed by atoms with Crippen LogP contribution in [0, 0.1) is 5.82 Å². The van der Waals surface area contributed by atoms with Crippen molar-refractivity contribution >= 4 is 5.78 Å². The van der Waals surface area contributed by atoms with Crippen molar-refractivity contribution in [2.75, 3.05) is 13.1 Å². The van der Waals surface area contributed by atoms with Crippen LogP contribution in [0.1, 0.15) is 29.3 Å². The van der Waals surface area contributed by atoms with Gasteiger partial charge in [-0.3, -0.25) is 14.7 Å². The predicted octanol–water partition coefficient (Wildman–Crippen LogP) is 3.32. The van der Waals surface area contributed by atoms with Gasteiger partial charge in [-0.25, -0.2) is 4.39 Å². The van der Waals surface area contributed by atoms with E-state index in [4.69, 9.17) is 0 Å². The van der Waals surface area contributed by atoms with Gasteiger partial charge >= 0.3 is 0 Å². The molecule has 0 spiro atoms. The number of nitrogens with zero attached hydrogens (tertiary/aromatic N) is 2. The van der Waals surface area contributed by atoms with Crippen molar-refractivity contribution in [2.45, 2.75) is 19.9 Å². The lowest BCUT2D eigenvalue weighted by Gasteiger charge is -2.20. The normalized spacial score (nSPS) is 10.8. The summed E-state index contributed by atoms with van der Waals surface area (Å²) in [5.74, 6) is -0.596. The van der Waals surface area contributed by atoms with Crippen LogP contribution < -0.4 is 0 Å². The molecule has 110 valence electrons. The minimum Gasteiger partial charge on any atom is -0.299 e. The number of benzene rings is 1. The van der Waals surface area contributed by atoms with Crippen LogP contribution in [-0.2, 0) is 6.54 Å². The number of pyridine rings is 1. The van der Waals surface area contributed by atoms with E-state index in [1.54, 1.807) is 24.5 Å². The molecule has 3 nitrogen and oxygen atoms in total. The molecular formula is C17H19FN2O. The summed E-state index contributed by atoms with van der Waals surface area (Å²) in [7, 11) is 0. The Morgan fingerprint density at radius 1 is 1.19 bits per heavy atom. The molecule has 0 unspecified atom stereocenters. The molecule has 4 heteroatoms. The lowest BCUT2D eigenvalue weighted by molar-refractivity contribution is 0.0959.